The summed E-state index contributed by atoms with van der Waals surface area (Å²) in [6, 6.07) is 17.8. The number of ether oxygens (including phenoxy) is 1. The molecular formula is C28H28F2IN3O4. The molecule has 0 saturated carbocycles. The van der Waals surface area contributed by atoms with Crippen molar-refractivity contribution >= 4 is 46.0 Å². The second-order valence-corrected chi connectivity index (χ2v) is 9.72. The molecular weight excluding hydrogens is 607 g/mol. The van der Waals surface area contributed by atoms with Gasteiger partial charge in [0.1, 0.15) is 23.4 Å². The Morgan fingerprint density at radius 1 is 0.974 bits per heavy atom. The lowest BCUT2D eigenvalue weighted by molar-refractivity contribution is -0.130. The van der Waals surface area contributed by atoms with Crippen molar-refractivity contribution in [2.45, 2.75) is 25.8 Å². The number of rotatable bonds is 12. The number of benzene rings is 3. The molecule has 7 nitrogen and oxygen atoms in total. The number of imide groups is 1. The van der Waals surface area contributed by atoms with E-state index in [1.165, 1.54) is 6.92 Å². The van der Waals surface area contributed by atoms with Gasteiger partial charge < -0.3 is 15.4 Å². The van der Waals surface area contributed by atoms with E-state index in [2.05, 4.69) is 33.2 Å². The van der Waals surface area contributed by atoms with Crippen molar-refractivity contribution in [3.63, 3.8) is 0 Å². The summed E-state index contributed by atoms with van der Waals surface area (Å²) in [5.74, 6) is -2.57. The first-order chi connectivity index (χ1) is 18.2. The molecule has 0 aromatic heterocycles. The fourth-order valence-electron chi connectivity index (χ4n) is 3.61. The van der Waals surface area contributed by atoms with Gasteiger partial charge in [-0.1, -0.05) is 18.2 Å². The zero-order valence-electron chi connectivity index (χ0n) is 20.8. The SMILES string of the molecule is C[C@H](NC(=O)Cc1cc(F)cc(F)c1)C(=O)N(C(=O)CNCCCOc1ccc(I)cc1)c1ccccc1. The van der Waals surface area contributed by atoms with E-state index in [1.807, 2.05) is 24.3 Å². The number of hydrogen-bond donors (Lipinski definition) is 2. The highest BCUT2D eigenvalue weighted by atomic mass is 127. The third-order valence-corrected chi connectivity index (χ3v) is 6.09. The number of anilines is 1. The number of carbonyl (C=O) groups excluding carboxylic acids is 3. The van der Waals surface area contributed by atoms with E-state index in [0.717, 1.165) is 26.4 Å². The molecule has 200 valence electrons. The van der Waals surface area contributed by atoms with E-state index in [0.29, 0.717) is 31.3 Å². The molecule has 0 spiro atoms. The molecule has 3 aromatic rings. The number of halogens is 3. The van der Waals surface area contributed by atoms with Gasteiger partial charge in [-0.05, 0) is 96.6 Å². The van der Waals surface area contributed by atoms with Crippen LogP contribution >= 0.6 is 22.6 Å². The molecule has 0 fully saturated rings. The number of carbonyl (C=O) groups is 3. The summed E-state index contributed by atoms with van der Waals surface area (Å²) >= 11 is 2.22. The molecule has 3 amide bonds. The summed E-state index contributed by atoms with van der Waals surface area (Å²) in [4.78, 5) is 39.7. The lowest BCUT2D eigenvalue weighted by atomic mass is 10.1. The zero-order chi connectivity index (χ0) is 27.5. The van der Waals surface area contributed by atoms with Gasteiger partial charge >= 0.3 is 0 Å². The molecule has 0 aliphatic rings. The molecule has 0 radical (unpaired) electrons. The summed E-state index contributed by atoms with van der Waals surface area (Å²) < 4.78 is 33.6. The maximum Gasteiger partial charge on any atom is 0.256 e. The van der Waals surface area contributed by atoms with Gasteiger partial charge in [0.2, 0.25) is 11.8 Å². The lowest BCUT2D eigenvalue weighted by Crippen LogP contribution is -2.51. The molecule has 10 heteroatoms. The van der Waals surface area contributed by atoms with Gasteiger partial charge in [-0.15, -0.1) is 0 Å². The Morgan fingerprint density at radius 3 is 2.29 bits per heavy atom. The van der Waals surface area contributed by atoms with Crippen LogP contribution in [0, 0.1) is 15.2 Å². The van der Waals surface area contributed by atoms with Crippen molar-refractivity contribution in [3.8, 4) is 5.75 Å². The smallest absolute Gasteiger partial charge is 0.256 e. The number of nitrogens with one attached hydrogen (secondary N) is 2. The Balaban J connectivity index is 1.54. The normalized spacial score (nSPS) is 11.5. The van der Waals surface area contributed by atoms with Crippen LogP contribution in [0.3, 0.4) is 0 Å². The van der Waals surface area contributed by atoms with Crippen LogP contribution in [-0.4, -0.2) is 43.5 Å². The summed E-state index contributed by atoms with van der Waals surface area (Å²) in [5, 5.41) is 5.54. The van der Waals surface area contributed by atoms with Crippen LogP contribution in [0.5, 0.6) is 5.75 Å². The van der Waals surface area contributed by atoms with Gasteiger partial charge in [0, 0.05) is 9.64 Å². The van der Waals surface area contributed by atoms with Crippen LogP contribution in [0.1, 0.15) is 18.9 Å². The maximum atomic E-state index is 13.4. The van der Waals surface area contributed by atoms with Gasteiger partial charge in [-0.3, -0.25) is 14.4 Å². The summed E-state index contributed by atoms with van der Waals surface area (Å²) in [7, 11) is 0. The maximum absolute atomic E-state index is 13.4. The predicted octanol–water partition coefficient (Wildman–Crippen LogP) is 4.24. The average Bonchev–Trinajstić information content (AvgIpc) is 2.87. The van der Waals surface area contributed by atoms with E-state index in [4.69, 9.17) is 4.74 Å². The van der Waals surface area contributed by atoms with Gasteiger partial charge in [0.15, 0.2) is 0 Å². The Morgan fingerprint density at radius 2 is 1.63 bits per heavy atom. The number of para-hydroxylation sites is 1. The van der Waals surface area contributed by atoms with Crippen molar-refractivity contribution in [2.75, 3.05) is 24.6 Å². The lowest BCUT2D eigenvalue weighted by Gasteiger charge is -2.25. The quantitative estimate of drug-likeness (QED) is 0.230. The fraction of sp³-hybridized carbons (Fsp3) is 0.250. The molecule has 0 aliphatic carbocycles. The number of hydrogen-bond acceptors (Lipinski definition) is 5. The molecule has 0 aliphatic heterocycles. The first kappa shape index (κ1) is 29.2. The Kier molecular flexibility index (Phi) is 11.2. The first-order valence-electron chi connectivity index (χ1n) is 12.0. The van der Waals surface area contributed by atoms with Gasteiger partial charge in [-0.25, -0.2) is 13.7 Å². The van der Waals surface area contributed by atoms with Crippen LogP contribution < -0.4 is 20.3 Å². The summed E-state index contributed by atoms with van der Waals surface area (Å²) in [6.07, 6.45) is 0.323. The molecule has 2 N–H and O–H groups in total. The predicted molar refractivity (Wildman–Crippen MR) is 149 cm³/mol. The molecule has 3 aromatic carbocycles. The minimum absolute atomic E-state index is 0.104. The van der Waals surface area contributed by atoms with Gasteiger partial charge in [0.25, 0.3) is 5.91 Å². The van der Waals surface area contributed by atoms with E-state index >= 15 is 0 Å². The second kappa shape index (κ2) is 14.5. The molecule has 1 atom stereocenters. The van der Waals surface area contributed by atoms with Crippen molar-refractivity contribution < 1.29 is 27.9 Å². The third-order valence-electron chi connectivity index (χ3n) is 5.38. The summed E-state index contributed by atoms with van der Waals surface area (Å²) in [6.45, 7) is 2.29. The van der Waals surface area contributed by atoms with Gasteiger partial charge in [-0.2, -0.15) is 0 Å². The highest BCUT2D eigenvalue weighted by Crippen LogP contribution is 2.16. The number of amides is 3. The van der Waals surface area contributed by atoms with E-state index < -0.39 is 35.4 Å². The van der Waals surface area contributed by atoms with Crippen molar-refractivity contribution in [2.24, 2.45) is 0 Å². The molecule has 0 heterocycles. The minimum Gasteiger partial charge on any atom is -0.494 e. The monoisotopic (exact) mass is 635 g/mol. The van der Waals surface area contributed by atoms with Crippen LogP contribution in [0.15, 0.2) is 72.8 Å². The standard InChI is InChI=1S/C28H28F2IN3O4/c1-19(33-26(35)16-20-14-21(29)17-22(30)15-20)28(37)34(24-6-3-2-4-7-24)27(36)18-32-12-5-13-38-25-10-8-23(31)9-11-25/h2-4,6-11,14-15,17,19,32H,5,12-13,16,18H2,1H3,(H,33,35)/t19-/m0/s1. The van der Waals surface area contributed by atoms with Crippen LogP contribution in [0.25, 0.3) is 0 Å². The number of nitrogens with zero attached hydrogens (tertiary/aromatic N) is 1. The van der Waals surface area contributed by atoms with Crippen molar-refractivity contribution in [3.05, 3.63) is 93.6 Å². The highest BCUT2D eigenvalue weighted by molar-refractivity contribution is 14.1. The van der Waals surface area contributed by atoms with Gasteiger partial charge in [0.05, 0.1) is 25.3 Å². The summed E-state index contributed by atoms with van der Waals surface area (Å²) in [5.41, 5.74) is 0.491. The minimum atomic E-state index is -1.06. The average molecular weight is 635 g/mol. The molecule has 0 saturated heterocycles. The molecule has 3 rings (SSSR count). The van der Waals surface area contributed by atoms with Crippen LogP contribution in [0.4, 0.5) is 14.5 Å². The first-order valence-corrected chi connectivity index (χ1v) is 13.1. The second-order valence-electron chi connectivity index (χ2n) is 8.48. The van der Waals surface area contributed by atoms with Crippen molar-refractivity contribution in [1.82, 2.24) is 10.6 Å². The topological polar surface area (TPSA) is 87.7 Å². The Labute approximate surface area is 233 Å². The molecule has 0 unspecified atom stereocenters. The third kappa shape index (κ3) is 9.18. The fourth-order valence-corrected chi connectivity index (χ4v) is 3.97. The Bertz CT molecular complexity index is 1220. The zero-order valence-corrected chi connectivity index (χ0v) is 22.9. The van der Waals surface area contributed by atoms with Crippen LogP contribution in [-0.2, 0) is 20.8 Å². The van der Waals surface area contributed by atoms with Crippen LogP contribution in [0.2, 0.25) is 0 Å². The van der Waals surface area contributed by atoms with Crippen molar-refractivity contribution in [1.29, 1.82) is 0 Å². The Hall–Kier alpha value is -3.38. The largest absolute Gasteiger partial charge is 0.494 e. The van der Waals surface area contributed by atoms with E-state index in [-0.39, 0.29) is 18.5 Å². The molecule has 0 bridgehead atoms. The van der Waals surface area contributed by atoms with E-state index in [1.54, 1.807) is 30.3 Å². The highest BCUT2D eigenvalue weighted by Gasteiger charge is 2.28. The van der Waals surface area contributed by atoms with E-state index in [9.17, 15) is 23.2 Å². The molecule has 38 heavy (non-hydrogen) atoms.